The minimum atomic E-state index is -1.04. The number of hydrogen-bond donors (Lipinski definition) is 2. The first-order valence-electron chi connectivity index (χ1n) is 8.33. The van der Waals surface area contributed by atoms with Crippen LogP contribution in [0, 0.1) is 25.1 Å². The lowest BCUT2D eigenvalue weighted by Gasteiger charge is -2.17. The van der Waals surface area contributed by atoms with Crippen LogP contribution in [0.5, 0.6) is 0 Å². The summed E-state index contributed by atoms with van der Waals surface area (Å²) in [5.74, 6) is -1.02. The van der Waals surface area contributed by atoms with E-state index in [9.17, 15) is 14.0 Å². The lowest BCUT2D eigenvalue weighted by atomic mass is 10.0. The lowest BCUT2D eigenvalue weighted by molar-refractivity contribution is -0.134. The molecule has 1 fully saturated rings. The summed E-state index contributed by atoms with van der Waals surface area (Å²) in [5, 5.41) is 5.57. The van der Waals surface area contributed by atoms with Gasteiger partial charge in [0.2, 0.25) is 11.8 Å². The molecular weight excluding hydrogens is 319 g/mol. The smallest absolute Gasteiger partial charge is 0.240 e. The molecule has 25 heavy (non-hydrogen) atoms. The van der Waals surface area contributed by atoms with Crippen molar-refractivity contribution in [2.75, 3.05) is 5.32 Å². The van der Waals surface area contributed by atoms with Gasteiger partial charge in [0.05, 0.1) is 0 Å². The summed E-state index contributed by atoms with van der Waals surface area (Å²) in [6.45, 7) is 3.93. The fraction of sp³-hybridized carbons (Fsp3) is 0.300. The Kier molecular flexibility index (Phi) is 4.57. The Morgan fingerprint density at radius 2 is 1.80 bits per heavy atom. The number of carbonyl (C=O) groups excluding carboxylic acids is 2. The topological polar surface area (TPSA) is 58.2 Å². The molecular formula is C20H21FN2O2. The maximum Gasteiger partial charge on any atom is 0.240 e. The fourth-order valence-electron chi connectivity index (χ4n) is 2.78. The van der Waals surface area contributed by atoms with Gasteiger partial charge < -0.3 is 10.6 Å². The first kappa shape index (κ1) is 17.1. The zero-order valence-corrected chi connectivity index (χ0v) is 14.4. The van der Waals surface area contributed by atoms with E-state index in [1.54, 1.807) is 18.2 Å². The molecule has 0 radical (unpaired) electrons. The molecule has 0 bridgehead atoms. The van der Waals surface area contributed by atoms with Crippen molar-refractivity contribution in [3.8, 4) is 0 Å². The van der Waals surface area contributed by atoms with Gasteiger partial charge in [-0.25, -0.2) is 4.39 Å². The molecule has 2 aromatic carbocycles. The molecule has 2 amide bonds. The maximum atomic E-state index is 13.6. The first-order valence-corrected chi connectivity index (χ1v) is 8.33. The van der Waals surface area contributed by atoms with E-state index in [1.165, 1.54) is 6.07 Å². The molecule has 0 heterocycles. The molecule has 130 valence electrons. The normalized spacial score (nSPS) is 14.7. The van der Waals surface area contributed by atoms with Crippen LogP contribution in [0.25, 0.3) is 0 Å². The third-order valence-electron chi connectivity index (χ3n) is 4.66. The summed E-state index contributed by atoms with van der Waals surface area (Å²) >= 11 is 0. The second-order valence-electron chi connectivity index (χ2n) is 6.63. The summed E-state index contributed by atoms with van der Waals surface area (Å²) in [6, 6.07) is 12.1. The van der Waals surface area contributed by atoms with Crippen LogP contribution in [0.2, 0.25) is 0 Å². The monoisotopic (exact) mass is 340 g/mol. The summed E-state index contributed by atoms with van der Waals surface area (Å²) in [5.41, 5.74) is 2.07. The zero-order chi connectivity index (χ0) is 18.0. The van der Waals surface area contributed by atoms with Gasteiger partial charge in [-0.05, 0) is 49.9 Å². The van der Waals surface area contributed by atoms with Crippen LogP contribution in [0.15, 0.2) is 42.5 Å². The average molecular weight is 340 g/mol. The number of aryl methyl sites for hydroxylation is 2. The molecule has 0 saturated heterocycles. The number of nitrogens with one attached hydrogen (secondary N) is 2. The van der Waals surface area contributed by atoms with Crippen LogP contribution in [0.3, 0.4) is 0 Å². The number of rotatable bonds is 5. The Hall–Kier alpha value is -2.69. The van der Waals surface area contributed by atoms with Gasteiger partial charge in [0.25, 0.3) is 0 Å². The molecule has 2 aromatic rings. The molecule has 1 saturated carbocycles. The van der Waals surface area contributed by atoms with E-state index < -0.39 is 5.41 Å². The van der Waals surface area contributed by atoms with E-state index in [-0.39, 0.29) is 24.2 Å². The van der Waals surface area contributed by atoms with Crippen LogP contribution in [-0.2, 0) is 16.1 Å². The molecule has 5 heteroatoms. The molecule has 3 rings (SSSR count). The lowest BCUT2D eigenvalue weighted by Crippen LogP contribution is -2.39. The summed E-state index contributed by atoms with van der Waals surface area (Å²) in [4.78, 5) is 25.1. The minimum Gasteiger partial charge on any atom is -0.351 e. The second-order valence-corrected chi connectivity index (χ2v) is 6.63. The van der Waals surface area contributed by atoms with Crippen molar-refractivity contribution in [3.05, 3.63) is 65.0 Å². The van der Waals surface area contributed by atoms with E-state index >= 15 is 0 Å². The van der Waals surface area contributed by atoms with Crippen molar-refractivity contribution in [2.45, 2.75) is 33.2 Å². The average Bonchev–Trinajstić information content (AvgIpc) is 3.39. The van der Waals surface area contributed by atoms with Crippen LogP contribution in [-0.4, -0.2) is 11.8 Å². The molecule has 2 N–H and O–H groups in total. The Morgan fingerprint density at radius 3 is 2.48 bits per heavy atom. The van der Waals surface area contributed by atoms with Gasteiger partial charge >= 0.3 is 0 Å². The largest absolute Gasteiger partial charge is 0.351 e. The number of hydrogen-bond acceptors (Lipinski definition) is 2. The predicted molar refractivity (Wildman–Crippen MR) is 94.5 cm³/mol. The molecule has 1 aliphatic rings. The molecule has 0 aliphatic heterocycles. The van der Waals surface area contributed by atoms with Gasteiger partial charge in [-0.15, -0.1) is 0 Å². The molecule has 1 aliphatic carbocycles. The van der Waals surface area contributed by atoms with Crippen molar-refractivity contribution in [1.82, 2.24) is 5.32 Å². The Bertz CT molecular complexity index is 828. The quantitative estimate of drug-likeness (QED) is 0.819. The van der Waals surface area contributed by atoms with Gasteiger partial charge in [0, 0.05) is 17.8 Å². The highest BCUT2D eigenvalue weighted by molar-refractivity contribution is 6.13. The molecule has 4 nitrogen and oxygen atoms in total. The highest BCUT2D eigenvalue weighted by Crippen LogP contribution is 2.47. The van der Waals surface area contributed by atoms with E-state index in [0.29, 0.717) is 18.4 Å². The van der Waals surface area contributed by atoms with E-state index in [1.807, 2.05) is 32.0 Å². The highest BCUT2D eigenvalue weighted by atomic mass is 19.1. The summed E-state index contributed by atoms with van der Waals surface area (Å²) in [7, 11) is 0. The van der Waals surface area contributed by atoms with E-state index in [4.69, 9.17) is 0 Å². The summed E-state index contributed by atoms with van der Waals surface area (Å²) in [6.07, 6.45) is 1.01. The third-order valence-corrected chi connectivity index (χ3v) is 4.66. The van der Waals surface area contributed by atoms with Gasteiger partial charge in [-0.2, -0.15) is 0 Å². The third kappa shape index (κ3) is 3.55. The van der Waals surface area contributed by atoms with Crippen LogP contribution in [0.4, 0.5) is 10.1 Å². The van der Waals surface area contributed by atoms with Gasteiger partial charge in [0.15, 0.2) is 0 Å². The molecule has 0 unspecified atom stereocenters. The standard InChI is InChI=1S/C20H21FN2O2/c1-13-7-8-14(2)17(11-13)23-19(25)20(9-10-20)18(24)22-12-15-5-3-4-6-16(15)21/h3-8,11H,9-10,12H2,1-2H3,(H,22,24)(H,23,25). The SMILES string of the molecule is Cc1ccc(C)c(NC(=O)C2(C(=O)NCc3ccccc3F)CC2)c1. The number of halogens is 1. The van der Waals surface area contributed by atoms with Crippen molar-refractivity contribution >= 4 is 17.5 Å². The zero-order valence-electron chi connectivity index (χ0n) is 14.4. The Morgan fingerprint density at radius 1 is 1.08 bits per heavy atom. The van der Waals surface area contributed by atoms with E-state index in [0.717, 1.165) is 16.8 Å². The van der Waals surface area contributed by atoms with Crippen molar-refractivity contribution in [2.24, 2.45) is 5.41 Å². The number of benzene rings is 2. The minimum absolute atomic E-state index is 0.0734. The van der Waals surface area contributed by atoms with Crippen molar-refractivity contribution in [1.29, 1.82) is 0 Å². The fourth-order valence-corrected chi connectivity index (χ4v) is 2.78. The Labute approximate surface area is 146 Å². The molecule has 0 atom stereocenters. The first-order chi connectivity index (χ1) is 11.9. The predicted octanol–water partition coefficient (Wildman–Crippen LogP) is 3.48. The van der Waals surface area contributed by atoms with Crippen LogP contribution >= 0.6 is 0 Å². The van der Waals surface area contributed by atoms with Gasteiger partial charge in [-0.1, -0.05) is 30.3 Å². The maximum absolute atomic E-state index is 13.6. The number of carbonyl (C=O) groups is 2. The highest BCUT2D eigenvalue weighted by Gasteiger charge is 2.56. The summed E-state index contributed by atoms with van der Waals surface area (Å²) < 4.78 is 13.6. The van der Waals surface area contributed by atoms with Crippen LogP contribution < -0.4 is 10.6 Å². The van der Waals surface area contributed by atoms with Gasteiger partial charge in [-0.3, -0.25) is 9.59 Å². The van der Waals surface area contributed by atoms with Crippen molar-refractivity contribution in [3.63, 3.8) is 0 Å². The van der Waals surface area contributed by atoms with Crippen LogP contribution in [0.1, 0.15) is 29.5 Å². The molecule has 0 aromatic heterocycles. The number of amides is 2. The van der Waals surface area contributed by atoms with Crippen molar-refractivity contribution < 1.29 is 14.0 Å². The Balaban J connectivity index is 1.67. The van der Waals surface area contributed by atoms with E-state index in [2.05, 4.69) is 10.6 Å². The molecule has 0 spiro atoms. The number of anilines is 1. The van der Waals surface area contributed by atoms with Gasteiger partial charge in [0.1, 0.15) is 11.2 Å². The second kappa shape index (κ2) is 6.67.